The molecule has 0 spiro atoms. The van der Waals surface area contributed by atoms with E-state index >= 15 is 0 Å². The standard InChI is InChI=1S/C17H19BrClN3O/c1-12(17(23)21-15-4-3-10-20-16(15)19)22(2)11-9-13-5-7-14(18)8-6-13/h3-8,10,12H,9,11H2,1-2H3,(H,21,23). The first-order chi connectivity index (χ1) is 11.0. The Hall–Kier alpha value is -1.43. The summed E-state index contributed by atoms with van der Waals surface area (Å²) in [4.78, 5) is 18.3. The van der Waals surface area contributed by atoms with E-state index in [0.717, 1.165) is 17.4 Å². The van der Waals surface area contributed by atoms with Gasteiger partial charge in [0.05, 0.1) is 11.7 Å². The van der Waals surface area contributed by atoms with Crippen molar-refractivity contribution in [3.8, 4) is 0 Å². The van der Waals surface area contributed by atoms with Gasteiger partial charge in [-0.25, -0.2) is 4.98 Å². The number of anilines is 1. The van der Waals surface area contributed by atoms with E-state index in [2.05, 4.69) is 38.4 Å². The largest absolute Gasteiger partial charge is 0.322 e. The number of nitrogens with one attached hydrogen (secondary N) is 1. The van der Waals surface area contributed by atoms with Gasteiger partial charge in [0, 0.05) is 17.2 Å². The molecule has 1 amide bonds. The number of benzene rings is 1. The Kier molecular flexibility index (Phi) is 6.57. The van der Waals surface area contributed by atoms with Crippen molar-refractivity contribution < 1.29 is 4.79 Å². The Morgan fingerprint density at radius 3 is 2.70 bits per heavy atom. The lowest BCUT2D eigenvalue weighted by atomic mass is 10.1. The van der Waals surface area contributed by atoms with Crippen LogP contribution in [-0.2, 0) is 11.2 Å². The van der Waals surface area contributed by atoms with Gasteiger partial charge in [-0.1, -0.05) is 39.7 Å². The fourth-order valence-corrected chi connectivity index (χ4v) is 2.50. The van der Waals surface area contributed by atoms with Crippen LogP contribution >= 0.6 is 27.5 Å². The molecule has 0 fully saturated rings. The number of hydrogen-bond donors (Lipinski definition) is 1. The van der Waals surface area contributed by atoms with Gasteiger partial charge in [-0.15, -0.1) is 0 Å². The van der Waals surface area contributed by atoms with Crippen LogP contribution in [0.1, 0.15) is 12.5 Å². The third-order valence-corrected chi connectivity index (χ3v) is 4.55. The highest BCUT2D eigenvalue weighted by Crippen LogP contribution is 2.18. The number of amides is 1. The Bertz CT molecular complexity index is 663. The van der Waals surface area contributed by atoms with Gasteiger partial charge in [-0.3, -0.25) is 9.69 Å². The number of carbonyl (C=O) groups is 1. The predicted molar refractivity (Wildman–Crippen MR) is 97.8 cm³/mol. The summed E-state index contributed by atoms with van der Waals surface area (Å²) in [6, 6.07) is 11.4. The first-order valence-electron chi connectivity index (χ1n) is 7.33. The maximum Gasteiger partial charge on any atom is 0.241 e. The topological polar surface area (TPSA) is 45.2 Å². The minimum atomic E-state index is -0.262. The third kappa shape index (κ3) is 5.30. The second-order valence-corrected chi connectivity index (χ2v) is 6.64. The van der Waals surface area contributed by atoms with Crippen LogP contribution < -0.4 is 5.32 Å². The van der Waals surface area contributed by atoms with Crippen molar-refractivity contribution in [3.63, 3.8) is 0 Å². The van der Waals surface area contributed by atoms with E-state index in [1.807, 2.05) is 31.0 Å². The molecule has 0 aliphatic carbocycles. The third-order valence-electron chi connectivity index (χ3n) is 3.72. The molecule has 1 heterocycles. The number of carbonyl (C=O) groups excluding carboxylic acids is 1. The lowest BCUT2D eigenvalue weighted by molar-refractivity contribution is -0.120. The fourth-order valence-electron chi connectivity index (χ4n) is 2.07. The number of hydrogen-bond acceptors (Lipinski definition) is 3. The van der Waals surface area contributed by atoms with Crippen molar-refractivity contribution in [1.82, 2.24) is 9.88 Å². The average molecular weight is 397 g/mol. The van der Waals surface area contributed by atoms with E-state index in [1.165, 1.54) is 5.56 Å². The van der Waals surface area contributed by atoms with Gasteiger partial charge in [0.1, 0.15) is 0 Å². The van der Waals surface area contributed by atoms with Crippen molar-refractivity contribution in [2.24, 2.45) is 0 Å². The molecule has 0 radical (unpaired) electrons. The summed E-state index contributed by atoms with van der Waals surface area (Å²) in [7, 11) is 1.94. The predicted octanol–water partition coefficient (Wildman–Crippen LogP) is 4.00. The zero-order valence-corrected chi connectivity index (χ0v) is 15.4. The summed E-state index contributed by atoms with van der Waals surface area (Å²) in [6.07, 6.45) is 2.47. The summed E-state index contributed by atoms with van der Waals surface area (Å²) >= 11 is 9.39. The van der Waals surface area contributed by atoms with Crippen LogP contribution in [-0.4, -0.2) is 35.4 Å². The fraction of sp³-hybridized carbons (Fsp3) is 0.294. The zero-order valence-electron chi connectivity index (χ0n) is 13.1. The Balaban J connectivity index is 1.88. The van der Waals surface area contributed by atoms with Crippen LogP contribution in [0, 0.1) is 0 Å². The first-order valence-corrected chi connectivity index (χ1v) is 8.50. The molecule has 1 aromatic heterocycles. The van der Waals surface area contributed by atoms with E-state index in [0.29, 0.717) is 10.8 Å². The van der Waals surface area contributed by atoms with Crippen molar-refractivity contribution >= 4 is 39.1 Å². The average Bonchev–Trinajstić information content (AvgIpc) is 2.55. The van der Waals surface area contributed by atoms with Crippen LogP contribution in [0.25, 0.3) is 0 Å². The highest BCUT2D eigenvalue weighted by atomic mass is 79.9. The molecule has 0 saturated heterocycles. The van der Waals surface area contributed by atoms with E-state index in [4.69, 9.17) is 11.6 Å². The van der Waals surface area contributed by atoms with Gasteiger partial charge in [0.15, 0.2) is 5.15 Å². The number of likely N-dealkylation sites (N-methyl/N-ethyl adjacent to an activating group) is 1. The highest BCUT2D eigenvalue weighted by Gasteiger charge is 2.18. The van der Waals surface area contributed by atoms with Crippen molar-refractivity contribution in [3.05, 3.63) is 57.8 Å². The van der Waals surface area contributed by atoms with Gasteiger partial charge in [0.2, 0.25) is 5.91 Å². The molecular weight excluding hydrogens is 378 g/mol. The molecule has 1 unspecified atom stereocenters. The molecule has 2 rings (SSSR count). The first kappa shape index (κ1) is 17.9. The van der Waals surface area contributed by atoms with Crippen LogP contribution in [0.5, 0.6) is 0 Å². The monoisotopic (exact) mass is 395 g/mol. The van der Waals surface area contributed by atoms with Gasteiger partial charge < -0.3 is 5.32 Å². The normalized spacial score (nSPS) is 12.2. The maximum atomic E-state index is 12.3. The molecule has 122 valence electrons. The van der Waals surface area contributed by atoms with E-state index in [9.17, 15) is 4.79 Å². The molecule has 2 aromatic rings. The summed E-state index contributed by atoms with van der Waals surface area (Å²) in [5.74, 6) is -0.0989. The smallest absolute Gasteiger partial charge is 0.241 e. The molecule has 23 heavy (non-hydrogen) atoms. The quantitative estimate of drug-likeness (QED) is 0.751. The van der Waals surface area contributed by atoms with Crippen LogP contribution in [0.4, 0.5) is 5.69 Å². The van der Waals surface area contributed by atoms with Crippen molar-refractivity contribution in [1.29, 1.82) is 0 Å². The Morgan fingerprint density at radius 2 is 2.04 bits per heavy atom. The zero-order chi connectivity index (χ0) is 16.8. The minimum Gasteiger partial charge on any atom is -0.322 e. The number of nitrogens with zero attached hydrogens (tertiary/aromatic N) is 2. The van der Waals surface area contributed by atoms with Gasteiger partial charge in [-0.2, -0.15) is 0 Å². The van der Waals surface area contributed by atoms with Crippen LogP contribution in [0.3, 0.4) is 0 Å². The lowest BCUT2D eigenvalue weighted by Crippen LogP contribution is -2.40. The molecule has 4 nitrogen and oxygen atoms in total. The molecule has 0 bridgehead atoms. The summed E-state index contributed by atoms with van der Waals surface area (Å²) in [6.45, 7) is 2.66. The van der Waals surface area contributed by atoms with Gasteiger partial charge >= 0.3 is 0 Å². The van der Waals surface area contributed by atoms with E-state index < -0.39 is 0 Å². The number of pyridine rings is 1. The van der Waals surface area contributed by atoms with Crippen LogP contribution in [0.15, 0.2) is 47.1 Å². The van der Waals surface area contributed by atoms with Gasteiger partial charge in [-0.05, 0) is 50.2 Å². The number of aromatic nitrogens is 1. The molecule has 0 aliphatic heterocycles. The Labute approximate surface area is 150 Å². The molecule has 6 heteroatoms. The molecule has 0 saturated carbocycles. The maximum absolute atomic E-state index is 12.3. The highest BCUT2D eigenvalue weighted by molar-refractivity contribution is 9.10. The molecule has 1 atom stereocenters. The SMILES string of the molecule is CC(C(=O)Nc1cccnc1Cl)N(C)CCc1ccc(Br)cc1. The minimum absolute atomic E-state index is 0.0989. The van der Waals surface area contributed by atoms with Gasteiger partial charge in [0.25, 0.3) is 0 Å². The van der Waals surface area contributed by atoms with Crippen molar-refractivity contribution in [2.45, 2.75) is 19.4 Å². The lowest BCUT2D eigenvalue weighted by Gasteiger charge is -2.24. The van der Waals surface area contributed by atoms with Crippen molar-refractivity contribution in [2.75, 3.05) is 18.9 Å². The second kappa shape index (κ2) is 8.43. The van der Waals surface area contributed by atoms with Crippen LogP contribution in [0.2, 0.25) is 5.15 Å². The molecular formula is C17H19BrClN3O. The van der Waals surface area contributed by atoms with E-state index in [-0.39, 0.29) is 11.9 Å². The number of halogens is 2. The summed E-state index contributed by atoms with van der Waals surface area (Å²) < 4.78 is 1.07. The second-order valence-electron chi connectivity index (χ2n) is 5.36. The summed E-state index contributed by atoms with van der Waals surface area (Å²) in [5.41, 5.74) is 1.77. The molecule has 1 N–H and O–H groups in total. The number of rotatable bonds is 6. The summed E-state index contributed by atoms with van der Waals surface area (Å²) in [5, 5.41) is 3.11. The molecule has 1 aromatic carbocycles. The Morgan fingerprint density at radius 1 is 1.35 bits per heavy atom. The van der Waals surface area contributed by atoms with E-state index in [1.54, 1.807) is 18.3 Å². The molecule has 0 aliphatic rings.